The summed E-state index contributed by atoms with van der Waals surface area (Å²) in [7, 11) is 0. The van der Waals surface area contributed by atoms with Gasteiger partial charge in [-0.1, -0.05) is 28.1 Å². The molecule has 0 spiro atoms. The lowest BCUT2D eigenvalue weighted by atomic mass is 10.0. The third-order valence-electron chi connectivity index (χ3n) is 2.21. The van der Waals surface area contributed by atoms with Crippen LogP contribution in [0.2, 0.25) is 0 Å². The number of rotatable bonds is 2. The van der Waals surface area contributed by atoms with Crippen LogP contribution in [-0.4, -0.2) is 11.2 Å². The first-order valence-corrected chi connectivity index (χ1v) is 5.24. The van der Waals surface area contributed by atoms with E-state index in [9.17, 15) is 5.11 Å². The van der Waals surface area contributed by atoms with Crippen molar-refractivity contribution in [3.05, 3.63) is 33.3 Å². The smallest absolute Gasteiger partial charge is 0.0552 e. The predicted octanol–water partition coefficient (Wildman–Crippen LogP) is 2.99. The molecule has 1 N–H and O–H groups in total. The minimum Gasteiger partial charge on any atom is -0.393 e. The lowest BCUT2D eigenvalue weighted by molar-refractivity contribution is 0.195. The first-order chi connectivity index (χ1) is 6.02. The van der Waals surface area contributed by atoms with Crippen molar-refractivity contribution >= 4 is 15.9 Å². The monoisotopic (exact) mass is 242 g/mol. The molecule has 0 amide bonds. The molecule has 0 fully saturated rings. The van der Waals surface area contributed by atoms with Gasteiger partial charge in [-0.2, -0.15) is 0 Å². The molecule has 0 aliphatic rings. The lowest BCUT2D eigenvalue weighted by Gasteiger charge is -2.11. The van der Waals surface area contributed by atoms with Gasteiger partial charge in [-0.15, -0.1) is 0 Å². The Balaban J connectivity index is 3.04. The molecule has 0 heterocycles. The molecule has 1 nitrogen and oxygen atoms in total. The van der Waals surface area contributed by atoms with E-state index in [4.69, 9.17) is 0 Å². The number of halogens is 1. The average Bonchev–Trinajstić information content (AvgIpc) is 2.06. The van der Waals surface area contributed by atoms with Crippen molar-refractivity contribution in [2.45, 2.75) is 33.3 Å². The number of benzene rings is 1. The van der Waals surface area contributed by atoms with Gasteiger partial charge in [-0.25, -0.2) is 0 Å². The molecule has 1 rings (SSSR count). The fraction of sp³-hybridized carbons (Fsp3) is 0.455. The van der Waals surface area contributed by atoms with E-state index >= 15 is 0 Å². The van der Waals surface area contributed by atoms with E-state index in [1.165, 1.54) is 16.7 Å². The predicted molar refractivity (Wildman–Crippen MR) is 59.0 cm³/mol. The highest BCUT2D eigenvalue weighted by atomic mass is 79.9. The molecule has 0 aromatic heterocycles. The SMILES string of the molecule is Cc1ccc(C[C@@H](C)O)c(C)c1Br. The molecular formula is C11H15BrO. The summed E-state index contributed by atoms with van der Waals surface area (Å²) in [6.45, 7) is 5.96. The molecule has 0 saturated carbocycles. The lowest BCUT2D eigenvalue weighted by Crippen LogP contribution is -2.06. The van der Waals surface area contributed by atoms with Crippen LogP contribution in [0, 0.1) is 13.8 Å². The number of aliphatic hydroxyl groups is 1. The zero-order valence-electron chi connectivity index (χ0n) is 8.26. The summed E-state index contributed by atoms with van der Waals surface area (Å²) in [6.07, 6.45) is 0.457. The van der Waals surface area contributed by atoms with Crippen molar-refractivity contribution in [3.63, 3.8) is 0 Å². The molecular weight excluding hydrogens is 228 g/mol. The van der Waals surface area contributed by atoms with E-state index in [1.54, 1.807) is 0 Å². The Labute approximate surface area is 87.9 Å². The zero-order valence-corrected chi connectivity index (χ0v) is 9.85. The molecule has 72 valence electrons. The standard InChI is InChI=1S/C11H15BrO/c1-7-4-5-10(6-8(2)13)9(3)11(7)12/h4-5,8,13H,6H2,1-3H3/t8-/m1/s1. The molecule has 0 aliphatic carbocycles. The molecule has 0 bridgehead atoms. The Hall–Kier alpha value is -0.340. The molecule has 0 radical (unpaired) electrons. The second-order valence-electron chi connectivity index (χ2n) is 3.53. The largest absolute Gasteiger partial charge is 0.393 e. The minimum atomic E-state index is -0.270. The molecule has 2 heteroatoms. The normalized spacial score (nSPS) is 13.0. The van der Waals surface area contributed by atoms with Gasteiger partial charge < -0.3 is 5.11 Å². The van der Waals surface area contributed by atoms with Gasteiger partial charge in [-0.3, -0.25) is 0 Å². The van der Waals surface area contributed by atoms with E-state index in [1.807, 2.05) is 6.92 Å². The first kappa shape index (κ1) is 10.7. The van der Waals surface area contributed by atoms with Crippen LogP contribution < -0.4 is 0 Å². The van der Waals surface area contributed by atoms with Crippen molar-refractivity contribution < 1.29 is 5.11 Å². The maximum atomic E-state index is 9.28. The minimum absolute atomic E-state index is 0.270. The van der Waals surface area contributed by atoms with E-state index in [-0.39, 0.29) is 6.10 Å². The molecule has 1 aromatic rings. The third kappa shape index (κ3) is 2.55. The second-order valence-corrected chi connectivity index (χ2v) is 4.33. The maximum absolute atomic E-state index is 9.28. The Kier molecular flexibility index (Phi) is 3.51. The van der Waals surface area contributed by atoms with Crippen molar-refractivity contribution in [2.24, 2.45) is 0 Å². The van der Waals surface area contributed by atoms with Gasteiger partial charge >= 0.3 is 0 Å². The first-order valence-electron chi connectivity index (χ1n) is 4.45. The van der Waals surface area contributed by atoms with E-state index < -0.39 is 0 Å². The van der Waals surface area contributed by atoms with Crippen LogP contribution in [0.15, 0.2) is 16.6 Å². The van der Waals surface area contributed by atoms with E-state index in [2.05, 4.69) is 41.9 Å². The van der Waals surface area contributed by atoms with Crippen molar-refractivity contribution in [1.29, 1.82) is 0 Å². The summed E-state index contributed by atoms with van der Waals surface area (Å²) < 4.78 is 1.16. The van der Waals surface area contributed by atoms with Gasteiger partial charge in [0.25, 0.3) is 0 Å². The quantitative estimate of drug-likeness (QED) is 0.846. The highest BCUT2D eigenvalue weighted by Gasteiger charge is 2.06. The molecule has 0 saturated heterocycles. The second kappa shape index (κ2) is 4.25. The van der Waals surface area contributed by atoms with Gasteiger partial charge in [0, 0.05) is 4.47 Å². The summed E-state index contributed by atoms with van der Waals surface area (Å²) >= 11 is 3.54. The molecule has 0 aliphatic heterocycles. The summed E-state index contributed by atoms with van der Waals surface area (Å²) in [4.78, 5) is 0. The zero-order chi connectivity index (χ0) is 10.0. The number of hydrogen-bond acceptors (Lipinski definition) is 1. The van der Waals surface area contributed by atoms with Crippen LogP contribution in [0.3, 0.4) is 0 Å². The average molecular weight is 243 g/mol. The maximum Gasteiger partial charge on any atom is 0.0552 e. The highest BCUT2D eigenvalue weighted by Crippen LogP contribution is 2.24. The van der Waals surface area contributed by atoms with E-state index in [0.717, 1.165) is 10.9 Å². The Morgan fingerprint density at radius 2 is 2.00 bits per heavy atom. The molecule has 0 unspecified atom stereocenters. The fourth-order valence-corrected chi connectivity index (χ4v) is 1.79. The summed E-state index contributed by atoms with van der Waals surface area (Å²) in [6, 6.07) is 4.16. The van der Waals surface area contributed by atoms with Crippen LogP contribution in [-0.2, 0) is 6.42 Å². The van der Waals surface area contributed by atoms with Gasteiger partial charge in [0.1, 0.15) is 0 Å². The Morgan fingerprint density at radius 3 is 2.54 bits per heavy atom. The molecule has 1 aromatic carbocycles. The summed E-state index contributed by atoms with van der Waals surface area (Å²) in [5.41, 5.74) is 3.69. The molecule has 1 atom stereocenters. The third-order valence-corrected chi connectivity index (χ3v) is 3.43. The number of aryl methyl sites for hydroxylation is 1. The van der Waals surface area contributed by atoms with Crippen molar-refractivity contribution in [3.8, 4) is 0 Å². The fourth-order valence-electron chi connectivity index (χ4n) is 1.40. The van der Waals surface area contributed by atoms with Crippen molar-refractivity contribution in [2.75, 3.05) is 0 Å². The van der Waals surface area contributed by atoms with Crippen LogP contribution in [0.5, 0.6) is 0 Å². The Morgan fingerprint density at radius 1 is 1.38 bits per heavy atom. The van der Waals surface area contributed by atoms with Crippen LogP contribution in [0.4, 0.5) is 0 Å². The van der Waals surface area contributed by atoms with Crippen LogP contribution >= 0.6 is 15.9 Å². The van der Waals surface area contributed by atoms with Crippen molar-refractivity contribution in [1.82, 2.24) is 0 Å². The van der Waals surface area contributed by atoms with Crippen LogP contribution in [0.25, 0.3) is 0 Å². The number of hydrogen-bond donors (Lipinski definition) is 1. The molecule has 13 heavy (non-hydrogen) atoms. The van der Waals surface area contributed by atoms with Gasteiger partial charge in [0.05, 0.1) is 6.10 Å². The Bertz CT molecular complexity index is 305. The van der Waals surface area contributed by atoms with Gasteiger partial charge in [-0.05, 0) is 43.9 Å². The van der Waals surface area contributed by atoms with Crippen LogP contribution in [0.1, 0.15) is 23.6 Å². The summed E-state index contributed by atoms with van der Waals surface area (Å²) in [5.74, 6) is 0. The highest BCUT2D eigenvalue weighted by molar-refractivity contribution is 9.10. The summed E-state index contributed by atoms with van der Waals surface area (Å²) in [5, 5.41) is 9.28. The van der Waals surface area contributed by atoms with Gasteiger partial charge in [0.15, 0.2) is 0 Å². The van der Waals surface area contributed by atoms with E-state index in [0.29, 0.717) is 0 Å². The number of aliphatic hydroxyl groups excluding tert-OH is 1. The topological polar surface area (TPSA) is 20.2 Å². The van der Waals surface area contributed by atoms with Gasteiger partial charge in [0.2, 0.25) is 0 Å².